The van der Waals surface area contributed by atoms with Gasteiger partial charge in [0.2, 0.25) is 0 Å². The van der Waals surface area contributed by atoms with Crippen LogP contribution in [-0.2, 0) is 9.57 Å². The summed E-state index contributed by atoms with van der Waals surface area (Å²) in [7, 11) is 1.57. The first kappa shape index (κ1) is 22.0. The molecule has 4 heteroatoms. The zero-order valence-corrected chi connectivity index (χ0v) is 18.2. The molecular weight excluding hydrogens is 425 g/mol. The maximum Gasteiger partial charge on any atom is 0.113 e. The standard InChI is InChI=1S/C21H32INO2/c1-5-17(3)18(6-2)13-10-14-25-20(16-22)15-21(23-24-4)19-11-8-7-9-12-19/h7-9,11-12,15,17-18H,5-6,10,13-14,16H2,1-4H3/b20-15+,23-21-. The van der Waals surface area contributed by atoms with E-state index in [9.17, 15) is 0 Å². The number of hydrogen-bond donors (Lipinski definition) is 0. The molecule has 140 valence electrons. The van der Waals surface area contributed by atoms with Gasteiger partial charge in [-0.3, -0.25) is 0 Å². The van der Waals surface area contributed by atoms with Gasteiger partial charge in [-0.2, -0.15) is 0 Å². The lowest BCUT2D eigenvalue weighted by Crippen LogP contribution is -2.11. The summed E-state index contributed by atoms with van der Waals surface area (Å²) in [4.78, 5) is 5.00. The van der Waals surface area contributed by atoms with Crippen LogP contribution in [0.25, 0.3) is 0 Å². The van der Waals surface area contributed by atoms with E-state index in [0.29, 0.717) is 0 Å². The van der Waals surface area contributed by atoms with Gasteiger partial charge in [0.25, 0.3) is 0 Å². The van der Waals surface area contributed by atoms with Crippen LogP contribution in [0.5, 0.6) is 0 Å². The molecule has 2 unspecified atom stereocenters. The van der Waals surface area contributed by atoms with E-state index in [1.165, 1.54) is 19.3 Å². The van der Waals surface area contributed by atoms with Crippen molar-refractivity contribution in [3.63, 3.8) is 0 Å². The molecule has 0 radical (unpaired) electrons. The van der Waals surface area contributed by atoms with E-state index in [2.05, 4.69) is 48.5 Å². The Bertz CT molecular complexity index is 528. The minimum Gasteiger partial charge on any atom is -0.497 e. The Hall–Kier alpha value is -1.04. The van der Waals surface area contributed by atoms with Crippen molar-refractivity contribution in [2.75, 3.05) is 18.1 Å². The van der Waals surface area contributed by atoms with Crippen molar-refractivity contribution in [3.05, 3.63) is 47.7 Å². The molecule has 0 fully saturated rings. The third-order valence-electron chi connectivity index (χ3n) is 4.67. The molecule has 0 aliphatic rings. The van der Waals surface area contributed by atoms with E-state index >= 15 is 0 Å². The molecule has 0 aromatic heterocycles. The number of alkyl halides is 1. The Morgan fingerprint density at radius 1 is 1.20 bits per heavy atom. The first-order valence-electron chi connectivity index (χ1n) is 9.22. The maximum atomic E-state index is 6.02. The Labute approximate surface area is 167 Å². The second-order valence-corrected chi connectivity index (χ2v) is 7.08. The molecule has 0 aliphatic heterocycles. The quantitative estimate of drug-likeness (QED) is 0.0931. The number of hydrogen-bond acceptors (Lipinski definition) is 3. The van der Waals surface area contributed by atoms with Crippen molar-refractivity contribution < 1.29 is 9.57 Å². The molecule has 0 saturated carbocycles. The first-order valence-corrected chi connectivity index (χ1v) is 10.7. The SMILES string of the molecule is CCC(C)C(CC)CCCO/C(=C/C(=N/OC)c1ccccc1)CI. The predicted octanol–water partition coefficient (Wildman–Crippen LogP) is 6.23. The number of allylic oxidation sites excluding steroid dienone is 2. The van der Waals surface area contributed by atoms with Crippen LogP contribution in [0.1, 0.15) is 52.0 Å². The molecule has 25 heavy (non-hydrogen) atoms. The Kier molecular flexibility index (Phi) is 11.6. The summed E-state index contributed by atoms with van der Waals surface area (Å²) in [5, 5.41) is 4.14. The molecular formula is C21H32INO2. The molecule has 0 amide bonds. The summed E-state index contributed by atoms with van der Waals surface area (Å²) in [6.07, 6.45) is 6.82. The fraction of sp³-hybridized carbons (Fsp3) is 0.571. The highest BCUT2D eigenvalue weighted by Gasteiger charge is 2.13. The highest BCUT2D eigenvalue weighted by Crippen LogP contribution is 2.23. The third-order valence-corrected chi connectivity index (χ3v) is 5.42. The highest BCUT2D eigenvalue weighted by atomic mass is 127. The van der Waals surface area contributed by atoms with Crippen LogP contribution in [0.15, 0.2) is 47.3 Å². The van der Waals surface area contributed by atoms with E-state index in [-0.39, 0.29) is 0 Å². The third kappa shape index (κ3) is 8.25. The van der Waals surface area contributed by atoms with E-state index in [1.807, 2.05) is 36.4 Å². The highest BCUT2D eigenvalue weighted by molar-refractivity contribution is 14.1. The second-order valence-electron chi connectivity index (χ2n) is 6.31. The Balaban J connectivity index is 2.62. The summed E-state index contributed by atoms with van der Waals surface area (Å²) >= 11 is 2.33. The van der Waals surface area contributed by atoms with E-state index in [1.54, 1.807) is 7.11 Å². The minimum absolute atomic E-state index is 0.761. The van der Waals surface area contributed by atoms with Crippen molar-refractivity contribution in [3.8, 4) is 0 Å². The van der Waals surface area contributed by atoms with Crippen LogP contribution in [0.4, 0.5) is 0 Å². The van der Waals surface area contributed by atoms with E-state index in [0.717, 1.165) is 46.3 Å². The molecule has 0 bridgehead atoms. The van der Waals surface area contributed by atoms with Gasteiger partial charge in [0.1, 0.15) is 18.6 Å². The number of rotatable bonds is 12. The molecule has 0 saturated heterocycles. The van der Waals surface area contributed by atoms with E-state index in [4.69, 9.17) is 9.57 Å². The molecule has 1 aromatic carbocycles. The molecule has 0 N–H and O–H groups in total. The van der Waals surface area contributed by atoms with Crippen molar-refractivity contribution in [1.29, 1.82) is 0 Å². The zero-order chi connectivity index (χ0) is 18.5. The normalized spacial score (nSPS) is 14.9. The number of nitrogens with zero attached hydrogens (tertiary/aromatic N) is 1. The van der Waals surface area contributed by atoms with Crippen molar-refractivity contribution in [2.45, 2.75) is 46.5 Å². The smallest absolute Gasteiger partial charge is 0.113 e. The molecule has 0 heterocycles. The van der Waals surface area contributed by atoms with Crippen LogP contribution < -0.4 is 0 Å². The lowest BCUT2D eigenvalue weighted by molar-refractivity contribution is 0.193. The van der Waals surface area contributed by atoms with E-state index < -0.39 is 0 Å². The van der Waals surface area contributed by atoms with Crippen LogP contribution in [0, 0.1) is 11.8 Å². The van der Waals surface area contributed by atoms with Gasteiger partial charge in [-0.15, -0.1) is 0 Å². The van der Waals surface area contributed by atoms with Crippen LogP contribution in [-0.4, -0.2) is 23.9 Å². The first-order chi connectivity index (χ1) is 12.2. The number of ether oxygens (including phenoxy) is 1. The van der Waals surface area contributed by atoms with Gasteiger partial charge in [0.15, 0.2) is 0 Å². The maximum absolute atomic E-state index is 6.02. The summed E-state index contributed by atoms with van der Waals surface area (Å²) in [6, 6.07) is 10.0. The second kappa shape index (κ2) is 13.2. The number of halogens is 1. The lowest BCUT2D eigenvalue weighted by Gasteiger charge is -2.21. The molecule has 1 aromatic rings. The van der Waals surface area contributed by atoms with Gasteiger partial charge in [0.05, 0.1) is 11.0 Å². The summed E-state index contributed by atoms with van der Waals surface area (Å²) < 4.78 is 6.83. The molecule has 1 rings (SSSR count). The summed E-state index contributed by atoms with van der Waals surface area (Å²) in [5.74, 6) is 2.54. The Morgan fingerprint density at radius 3 is 2.48 bits per heavy atom. The summed E-state index contributed by atoms with van der Waals surface area (Å²) in [6.45, 7) is 7.69. The summed E-state index contributed by atoms with van der Waals surface area (Å²) in [5.41, 5.74) is 1.82. The average Bonchev–Trinajstić information content (AvgIpc) is 2.66. The molecule has 3 nitrogen and oxygen atoms in total. The van der Waals surface area contributed by atoms with Gasteiger partial charge in [-0.05, 0) is 24.7 Å². The fourth-order valence-corrected chi connectivity index (χ4v) is 3.35. The molecule has 0 spiro atoms. The predicted molar refractivity (Wildman–Crippen MR) is 115 cm³/mol. The van der Waals surface area contributed by atoms with Crippen LogP contribution in [0.2, 0.25) is 0 Å². The van der Waals surface area contributed by atoms with Gasteiger partial charge >= 0.3 is 0 Å². The van der Waals surface area contributed by atoms with Crippen molar-refractivity contribution >= 4 is 28.3 Å². The van der Waals surface area contributed by atoms with Gasteiger partial charge < -0.3 is 9.57 Å². The topological polar surface area (TPSA) is 30.8 Å². The largest absolute Gasteiger partial charge is 0.497 e. The Morgan fingerprint density at radius 2 is 1.92 bits per heavy atom. The van der Waals surface area contributed by atoms with Crippen molar-refractivity contribution in [2.24, 2.45) is 17.0 Å². The minimum atomic E-state index is 0.761. The number of oxime groups is 1. The lowest BCUT2D eigenvalue weighted by atomic mass is 9.86. The molecule has 0 aliphatic carbocycles. The molecule has 2 atom stereocenters. The number of benzene rings is 1. The zero-order valence-electron chi connectivity index (χ0n) is 16.0. The average molecular weight is 457 g/mol. The fourth-order valence-electron chi connectivity index (χ4n) is 2.91. The van der Waals surface area contributed by atoms with Gasteiger partial charge in [-0.25, -0.2) is 0 Å². The monoisotopic (exact) mass is 457 g/mol. The van der Waals surface area contributed by atoms with Crippen molar-refractivity contribution in [1.82, 2.24) is 0 Å². The van der Waals surface area contributed by atoms with Gasteiger partial charge in [0, 0.05) is 11.6 Å². The van der Waals surface area contributed by atoms with Crippen LogP contribution >= 0.6 is 22.6 Å². The van der Waals surface area contributed by atoms with Crippen LogP contribution in [0.3, 0.4) is 0 Å². The van der Waals surface area contributed by atoms with Gasteiger partial charge in [-0.1, -0.05) is 91.7 Å².